The number of rotatable bonds is 3. The molecular formula is C19H36N2O. The highest BCUT2D eigenvalue weighted by atomic mass is 16.1. The molecule has 1 atom stereocenters. The third-order valence-corrected chi connectivity index (χ3v) is 5.82. The van der Waals surface area contributed by atoms with E-state index < -0.39 is 0 Å². The minimum atomic E-state index is 0.250. The quantitative estimate of drug-likeness (QED) is 0.823. The van der Waals surface area contributed by atoms with Crippen molar-refractivity contribution < 1.29 is 4.79 Å². The minimum absolute atomic E-state index is 0.250. The summed E-state index contributed by atoms with van der Waals surface area (Å²) in [5.41, 5.74) is 6.05. The van der Waals surface area contributed by atoms with Crippen molar-refractivity contribution in [1.29, 1.82) is 0 Å². The normalized spacial score (nSPS) is 30.5. The van der Waals surface area contributed by atoms with E-state index >= 15 is 0 Å². The Kier molecular flexibility index (Phi) is 7.71. The van der Waals surface area contributed by atoms with Crippen molar-refractivity contribution in [2.45, 2.75) is 102 Å². The summed E-state index contributed by atoms with van der Waals surface area (Å²) in [5.74, 6) is 1.25. The second-order valence-electron chi connectivity index (χ2n) is 7.73. The van der Waals surface area contributed by atoms with Crippen LogP contribution in [0.1, 0.15) is 90.4 Å². The van der Waals surface area contributed by atoms with Crippen LogP contribution in [0.4, 0.5) is 0 Å². The number of carbonyl (C=O) groups is 1. The van der Waals surface area contributed by atoms with E-state index in [2.05, 4.69) is 12.2 Å². The van der Waals surface area contributed by atoms with Gasteiger partial charge >= 0.3 is 0 Å². The second kappa shape index (κ2) is 9.54. The number of nitrogens with one attached hydrogen (secondary N) is 1. The molecule has 0 aromatic rings. The van der Waals surface area contributed by atoms with Crippen LogP contribution in [0.25, 0.3) is 0 Å². The predicted octanol–water partition coefficient (Wildman–Crippen LogP) is 4.15. The molecule has 2 aliphatic rings. The van der Waals surface area contributed by atoms with Crippen LogP contribution in [0.2, 0.25) is 0 Å². The molecule has 0 bridgehead atoms. The van der Waals surface area contributed by atoms with E-state index in [-0.39, 0.29) is 5.92 Å². The zero-order valence-electron chi connectivity index (χ0n) is 14.5. The molecule has 0 saturated heterocycles. The Morgan fingerprint density at radius 1 is 0.864 bits per heavy atom. The van der Waals surface area contributed by atoms with E-state index in [0.29, 0.717) is 23.9 Å². The van der Waals surface area contributed by atoms with Gasteiger partial charge < -0.3 is 11.1 Å². The molecule has 0 aliphatic heterocycles. The topological polar surface area (TPSA) is 55.1 Å². The lowest BCUT2D eigenvalue weighted by atomic mass is 9.82. The van der Waals surface area contributed by atoms with Gasteiger partial charge in [-0.1, -0.05) is 44.9 Å². The monoisotopic (exact) mass is 308 g/mol. The lowest BCUT2D eigenvalue weighted by Gasteiger charge is -2.28. The van der Waals surface area contributed by atoms with Crippen LogP contribution in [-0.2, 0) is 4.79 Å². The molecule has 0 heterocycles. The van der Waals surface area contributed by atoms with Gasteiger partial charge in [0.15, 0.2) is 0 Å². The molecular weight excluding hydrogens is 272 g/mol. The highest BCUT2D eigenvalue weighted by Gasteiger charge is 2.25. The summed E-state index contributed by atoms with van der Waals surface area (Å²) in [6, 6.07) is 0.746. The molecule has 3 heteroatoms. The van der Waals surface area contributed by atoms with E-state index in [0.717, 1.165) is 25.7 Å². The predicted molar refractivity (Wildman–Crippen MR) is 92.6 cm³/mol. The summed E-state index contributed by atoms with van der Waals surface area (Å²) in [4.78, 5) is 12.6. The largest absolute Gasteiger partial charge is 0.353 e. The van der Waals surface area contributed by atoms with Crippen molar-refractivity contribution in [2.75, 3.05) is 0 Å². The van der Waals surface area contributed by atoms with Crippen LogP contribution in [0.15, 0.2) is 0 Å². The molecule has 2 saturated carbocycles. The molecule has 2 aliphatic carbocycles. The number of hydrogen-bond acceptors (Lipinski definition) is 2. The molecule has 0 aromatic heterocycles. The van der Waals surface area contributed by atoms with E-state index in [1.165, 1.54) is 57.8 Å². The average molecular weight is 309 g/mol. The van der Waals surface area contributed by atoms with Crippen molar-refractivity contribution in [3.05, 3.63) is 0 Å². The van der Waals surface area contributed by atoms with Crippen LogP contribution >= 0.6 is 0 Å². The molecule has 0 aromatic carbocycles. The third kappa shape index (κ3) is 5.91. The van der Waals surface area contributed by atoms with Gasteiger partial charge in [0.2, 0.25) is 5.91 Å². The Morgan fingerprint density at radius 2 is 1.41 bits per heavy atom. The zero-order valence-corrected chi connectivity index (χ0v) is 14.5. The number of amides is 1. The van der Waals surface area contributed by atoms with E-state index in [1.54, 1.807) is 0 Å². The Hall–Kier alpha value is -0.570. The molecule has 22 heavy (non-hydrogen) atoms. The summed E-state index contributed by atoms with van der Waals surface area (Å²) in [6.07, 6.45) is 15.8. The van der Waals surface area contributed by atoms with Gasteiger partial charge in [-0.15, -0.1) is 0 Å². The first-order chi connectivity index (χ1) is 10.7. The van der Waals surface area contributed by atoms with E-state index in [4.69, 9.17) is 5.73 Å². The Balaban J connectivity index is 1.76. The first-order valence-electron chi connectivity index (χ1n) is 9.72. The standard InChI is InChI=1S/C19H36N2O/c1-15(20)16-9-7-11-17(12-8-10-16)19(22)21-18-13-5-3-2-4-6-14-18/h15-18H,2-14,20H2,1H3,(H,21,22). The van der Waals surface area contributed by atoms with Crippen molar-refractivity contribution in [2.24, 2.45) is 17.6 Å². The number of nitrogens with two attached hydrogens (primary N) is 1. The fraction of sp³-hybridized carbons (Fsp3) is 0.947. The van der Waals surface area contributed by atoms with Gasteiger partial charge in [0.25, 0.3) is 0 Å². The smallest absolute Gasteiger partial charge is 0.223 e. The van der Waals surface area contributed by atoms with Gasteiger partial charge in [-0.2, -0.15) is 0 Å². The summed E-state index contributed by atoms with van der Waals surface area (Å²) in [7, 11) is 0. The zero-order chi connectivity index (χ0) is 15.8. The lowest BCUT2D eigenvalue weighted by molar-refractivity contribution is -0.126. The van der Waals surface area contributed by atoms with Crippen LogP contribution < -0.4 is 11.1 Å². The van der Waals surface area contributed by atoms with Crippen LogP contribution in [-0.4, -0.2) is 18.0 Å². The molecule has 2 fully saturated rings. The average Bonchev–Trinajstić information content (AvgIpc) is 2.40. The molecule has 1 amide bonds. The van der Waals surface area contributed by atoms with Gasteiger partial charge in [-0.25, -0.2) is 0 Å². The number of hydrogen-bond donors (Lipinski definition) is 2. The first kappa shape index (κ1) is 17.8. The Bertz CT molecular complexity index is 311. The first-order valence-corrected chi connectivity index (χ1v) is 9.72. The summed E-state index contributed by atoms with van der Waals surface area (Å²) in [6.45, 7) is 2.13. The van der Waals surface area contributed by atoms with Gasteiger partial charge in [-0.05, 0) is 51.4 Å². The van der Waals surface area contributed by atoms with Gasteiger partial charge in [0.1, 0.15) is 0 Å². The molecule has 3 N–H and O–H groups in total. The fourth-order valence-corrected chi connectivity index (χ4v) is 4.25. The summed E-state index contributed by atoms with van der Waals surface area (Å²) < 4.78 is 0. The molecule has 0 radical (unpaired) electrons. The van der Waals surface area contributed by atoms with Gasteiger partial charge in [-0.3, -0.25) is 4.79 Å². The van der Waals surface area contributed by atoms with E-state index in [1.807, 2.05) is 0 Å². The van der Waals surface area contributed by atoms with Crippen molar-refractivity contribution in [1.82, 2.24) is 5.32 Å². The minimum Gasteiger partial charge on any atom is -0.353 e. The van der Waals surface area contributed by atoms with Crippen molar-refractivity contribution >= 4 is 5.91 Å². The second-order valence-corrected chi connectivity index (χ2v) is 7.73. The van der Waals surface area contributed by atoms with Crippen LogP contribution in [0.3, 0.4) is 0 Å². The van der Waals surface area contributed by atoms with Crippen molar-refractivity contribution in [3.63, 3.8) is 0 Å². The SMILES string of the molecule is CC(N)C1CCCC(C(=O)NC2CCCCCCC2)CCC1. The molecule has 2 rings (SSSR count). The van der Waals surface area contributed by atoms with Crippen LogP contribution in [0, 0.1) is 11.8 Å². The van der Waals surface area contributed by atoms with Gasteiger partial charge in [0, 0.05) is 18.0 Å². The van der Waals surface area contributed by atoms with Gasteiger partial charge in [0.05, 0.1) is 0 Å². The third-order valence-electron chi connectivity index (χ3n) is 5.82. The highest BCUT2D eigenvalue weighted by molar-refractivity contribution is 5.78. The Morgan fingerprint density at radius 3 is 1.95 bits per heavy atom. The maximum Gasteiger partial charge on any atom is 0.223 e. The van der Waals surface area contributed by atoms with E-state index in [9.17, 15) is 4.79 Å². The summed E-state index contributed by atoms with van der Waals surface area (Å²) >= 11 is 0. The Labute approximate surface area is 136 Å². The molecule has 0 spiro atoms. The van der Waals surface area contributed by atoms with Crippen molar-refractivity contribution in [3.8, 4) is 0 Å². The molecule has 128 valence electrons. The molecule has 3 nitrogen and oxygen atoms in total. The van der Waals surface area contributed by atoms with Crippen LogP contribution in [0.5, 0.6) is 0 Å². The maximum atomic E-state index is 12.6. The molecule has 1 unspecified atom stereocenters. The highest BCUT2D eigenvalue weighted by Crippen LogP contribution is 2.28. The lowest BCUT2D eigenvalue weighted by Crippen LogP contribution is -2.40. The maximum absolute atomic E-state index is 12.6. The summed E-state index contributed by atoms with van der Waals surface area (Å²) in [5, 5.41) is 3.37. The fourth-order valence-electron chi connectivity index (χ4n) is 4.25. The number of carbonyl (C=O) groups excluding carboxylic acids is 1.